The number of nitrogens with zero attached hydrogens (tertiary/aromatic N) is 4. The number of hydrogen-bond donors (Lipinski definition) is 2. The standard InChI is InChI=1S/C19H18N6O/c1-2-14(17-21-11-15(22-17)13-7-4-3-5-8-13)23-18(26)16-12-25-10-6-9-20-19(25)24-16/h3-12,14H,2H2,1H3,(H,21,22)(H,23,26)/t14-/m1/s1. The van der Waals surface area contributed by atoms with Gasteiger partial charge in [-0.3, -0.25) is 9.20 Å². The predicted molar refractivity (Wildman–Crippen MR) is 97.5 cm³/mol. The first kappa shape index (κ1) is 16.0. The number of amides is 1. The van der Waals surface area contributed by atoms with E-state index in [9.17, 15) is 4.79 Å². The smallest absolute Gasteiger partial charge is 0.272 e. The second kappa shape index (κ2) is 6.79. The number of rotatable bonds is 5. The van der Waals surface area contributed by atoms with Crippen LogP contribution in [-0.2, 0) is 0 Å². The Morgan fingerprint density at radius 3 is 2.85 bits per heavy atom. The van der Waals surface area contributed by atoms with Crippen LogP contribution in [0.5, 0.6) is 0 Å². The van der Waals surface area contributed by atoms with Gasteiger partial charge >= 0.3 is 0 Å². The fourth-order valence-corrected chi connectivity index (χ4v) is 2.81. The van der Waals surface area contributed by atoms with Gasteiger partial charge in [0, 0.05) is 18.6 Å². The van der Waals surface area contributed by atoms with Crippen LogP contribution in [0.15, 0.2) is 61.2 Å². The van der Waals surface area contributed by atoms with Gasteiger partial charge in [0.2, 0.25) is 5.78 Å². The SMILES string of the molecule is CC[C@@H](NC(=O)c1cn2cccnc2n1)c1ncc(-c2ccccc2)[nH]1. The van der Waals surface area contributed by atoms with Crippen LogP contribution in [0.3, 0.4) is 0 Å². The maximum atomic E-state index is 12.6. The summed E-state index contributed by atoms with van der Waals surface area (Å²) in [6, 6.07) is 11.5. The van der Waals surface area contributed by atoms with E-state index in [0.717, 1.165) is 17.1 Å². The molecule has 3 aromatic heterocycles. The topological polar surface area (TPSA) is 88.0 Å². The van der Waals surface area contributed by atoms with E-state index in [1.807, 2.05) is 43.5 Å². The van der Waals surface area contributed by atoms with Crippen molar-refractivity contribution in [3.05, 3.63) is 72.7 Å². The monoisotopic (exact) mass is 346 g/mol. The third-order valence-electron chi connectivity index (χ3n) is 4.19. The first-order valence-electron chi connectivity index (χ1n) is 8.45. The lowest BCUT2D eigenvalue weighted by molar-refractivity contribution is 0.0929. The van der Waals surface area contributed by atoms with E-state index >= 15 is 0 Å². The number of aromatic amines is 1. The highest BCUT2D eigenvalue weighted by Crippen LogP contribution is 2.20. The lowest BCUT2D eigenvalue weighted by Crippen LogP contribution is -2.29. The van der Waals surface area contributed by atoms with Gasteiger partial charge in [-0.05, 0) is 18.1 Å². The van der Waals surface area contributed by atoms with Gasteiger partial charge in [-0.25, -0.2) is 15.0 Å². The first-order chi connectivity index (χ1) is 12.7. The molecular formula is C19H18N6O. The molecule has 0 aliphatic carbocycles. The third-order valence-corrected chi connectivity index (χ3v) is 4.19. The first-order valence-corrected chi connectivity index (χ1v) is 8.45. The van der Waals surface area contributed by atoms with Crippen molar-refractivity contribution in [3.63, 3.8) is 0 Å². The summed E-state index contributed by atoms with van der Waals surface area (Å²) >= 11 is 0. The summed E-state index contributed by atoms with van der Waals surface area (Å²) in [4.78, 5) is 28.7. The zero-order valence-corrected chi connectivity index (χ0v) is 14.3. The van der Waals surface area contributed by atoms with Crippen LogP contribution in [-0.4, -0.2) is 30.2 Å². The minimum atomic E-state index is -0.250. The molecule has 0 fully saturated rings. The third kappa shape index (κ3) is 3.06. The van der Waals surface area contributed by atoms with Crippen molar-refractivity contribution in [2.24, 2.45) is 0 Å². The van der Waals surface area contributed by atoms with Crippen molar-refractivity contribution in [2.75, 3.05) is 0 Å². The second-order valence-corrected chi connectivity index (χ2v) is 5.94. The van der Waals surface area contributed by atoms with Gasteiger partial charge in [-0.15, -0.1) is 0 Å². The number of hydrogen-bond acceptors (Lipinski definition) is 4. The maximum absolute atomic E-state index is 12.6. The molecule has 0 saturated carbocycles. The van der Waals surface area contributed by atoms with E-state index in [1.54, 1.807) is 29.1 Å². The number of fused-ring (bicyclic) bond motifs is 1. The van der Waals surface area contributed by atoms with E-state index in [4.69, 9.17) is 0 Å². The molecule has 0 aliphatic rings. The van der Waals surface area contributed by atoms with Gasteiger partial charge < -0.3 is 10.3 Å². The zero-order chi connectivity index (χ0) is 17.9. The van der Waals surface area contributed by atoms with Crippen LogP contribution in [0.25, 0.3) is 17.0 Å². The molecule has 0 radical (unpaired) electrons. The Morgan fingerprint density at radius 2 is 2.08 bits per heavy atom. The van der Waals surface area contributed by atoms with E-state index in [1.165, 1.54) is 0 Å². The van der Waals surface area contributed by atoms with Crippen molar-refractivity contribution >= 4 is 11.7 Å². The summed E-state index contributed by atoms with van der Waals surface area (Å²) in [7, 11) is 0. The summed E-state index contributed by atoms with van der Waals surface area (Å²) in [5, 5.41) is 2.99. The highest BCUT2D eigenvalue weighted by atomic mass is 16.2. The molecule has 0 bridgehead atoms. The molecule has 4 rings (SSSR count). The van der Waals surface area contributed by atoms with Gasteiger partial charge in [-0.2, -0.15) is 0 Å². The van der Waals surface area contributed by atoms with Crippen LogP contribution < -0.4 is 5.32 Å². The van der Waals surface area contributed by atoms with Crippen molar-refractivity contribution in [2.45, 2.75) is 19.4 Å². The maximum Gasteiger partial charge on any atom is 0.272 e. The highest BCUT2D eigenvalue weighted by molar-refractivity contribution is 5.92. The average Bonchev–Trinajstić information content (AvgIpc) is 3.34. The predicted octanol–water partition coefficient (Wildman–Crippen LogP) is 3.00. The van der Waals surface area contributed by atoms with E-state index in [2.05, 4.69) is 25.3 Å². The largest absolute Gasteiger partial charge is 0.341 e. The molecule has 3 heterocycles. The number of carbonyl (C=O) groups excluding carboxylic acids is 1. The molecule has 0 saturated heterocycles. The van der Waals surface area contributed by atoms with Gasteiger partial charge in [0.25, 0.3) is 5.91 Å². The molecule has 1 atom stereocenters. The lowest BCUT2D eigenvalue weighted by Gasteiger charge is -2.13. The molecule has 1 aromatic carbocycles. The van der Waals surface area contributed by atoms with Gasteiger partial charge in [0.05, 0.1) is 17.9 Å². The Bertz CT molecular complexity index is 1000. The molecule has 0 aliphatic heterocycles. The Morgan fingerprint density at radius 1 is 1.23 bits per heavy atom. The fourth-order valence-electron chi connectivity index (χ4n) is 2.81. The van der Waals surface area contributed by atoms with E-state index in [-0.39, 0.29) is 11.9 Å². The van der Waals surface area contributed by atoms with Crippen LogP contribution in [0, 0.1) is 0 Å². The Balaban J connectivity index is 1.54. The number of aromatic nitrogens is 5. The van der Waals surface area contributed by atoms with Gasteiger partial charge in [0.1, 0.15) is 11.5 Å². The van der Waals surface area contributed by atoms with Crippen molar-refractivity contribution in [1.29, 1.82) is 0 Å². The molecule has 7 nitrogen and oxygen atoms in total. The van der Waals surface area contributed by atoms with Gasteiger partial charge in [0.15, 0.2) is 0 Å². The molecule has 130 valence electrons. The average molecular weight is 346 g/mol. The lowest BCUT2D eigenvalue weighted by atomic mass is 10.2. The summed E-state index contributed by atoms with van der Waals surface area (Å²) in [6.07, 6.45) is 7.62. The number of imidazole rings is 2. The molecule has 0 spiro atoms. The van der Waals surface area contributed by atoms with Crippen molar-refractivity contribution < 1.29 is 4.79 Å². The van der Waals surface area contributed by atoms with Crippen molar-refractivity contribution in [1.82, 2.24) is 29.7 Å². The summed E-state index contributed by atoms with van der Waals surface area (Å²) in [6.45, 7) is 2.00. The molecular weight excluding hydrogens is 328 g/mol. The van der Waals surface area contributed by atoms with Crippen LogP contribution in [0.2, 0.25) is 0 Å². The normalized spacial score (nSPS) is 12.2. The molecule has 26 heavy (non-hydrogen) atoms. The minimum absolute atomic E-state index is 0.224. The molecule has 4 aromatic rings. The molecule has 7 heteroatoms. The molecule has 1 amide bonds. The Kier molecular flexibility index (Phi) is 4.18. The Labute approximate surface area is 150 Å². The number of H-pyrrole nitrogens is 1. The van der Waals surface area contributed by atoms with Crippen LogP contribution >= 0.6 is 0 Å². The summed E-state index contributed by atoms with van der Waals surface area (Å²) < 4.78 is 1.72. The number of carbonyl (C=O) groups is 1. The Hall–Kier alpha value is -3.48. The molecule has 0 unspecified atom stereocenters. The fraction of sp³-hybridized carbons (Fsp3) is 0.158. The molecule has 2 N–H and O–H groups in total. The highest BCUT2D eigenvalue weighted by Gasteiger charge is 2.19. The summed E-state index contributed by atoms with van der Waals surface area (Å²) in [5.74, 6) is 0.969. The van der Waals surface area contributed by atoms with Crippen molar-refractivity contribution in [3.8, 4) is 11.3 Å². The number of nitrogens with one attached hydrogen (secondary N) is 2. The quantitative estimate of drug-likeness (QED) is 0.581. The van der Waals surface area contributed by atoms with Crippen LogP contribution in [0.1, 0.15) is 35.7 Å². The number of benzene rings is 1. The van der Waals surface area contributed by atoms with E-state index < -0.39 is 0 Å². The van der Waals surface area contributed by atoms with Crippen LogP contribution in [0.4, 0.5) is 0 Å². The van der Waals surface area contributed by atoms with E-state index in [0.29, 0.717) is 17.9 Å². The zero-order valence-electron chi connectivity index (χ0n) is 14.3. The minimum Gasteiger partial charge on any atom is -0.341 e. The second-order valence-electron chi connectivity index (χ2n) is 5.94. The van der Waals surface area contributed by atoms with Gasteiger partial charge in [-0.1, -0.05) is 37.3 Å². The summed E-state index contributed by atoms with van der Waals surface area (Å²) in [5.41, 5.74) is 2.31.